The summed E-state index contributed by atoms with van der Waals surface area (Å²) in [6.45, 7) is 0. The molecule has 0 fully saturated rings. The van der Waals surface area contributed by atoms with Crippen LogP contribution in [0, 0.1) is 0 Å². The van der Waals surface area contributed by atoms with E-state index in [-0.39, 0.29) is 16.7 Å². The zero-order valence-electron chi connectivity index (χ0n) is 15.3. The Bertz CT molecular complexity index is 916. The Kier molecular flexibility index (Phi) is 6.97. The fourth-order valence-corrected chi connectivity index (χ4v) is 3.63. The zero-order valence-corrected chi connectivity index (χ0v) is 16.1. The van der Waals surface area contributed by atoms with Crippen LogP contribution in [0.15, 0.2) is 53.1 Å². The lowest BCUT2D eigenvalue weighted by Gasteiger charge is -2.01. The largest absolute Gasteiger partial charge is 0.512 e. The normalized spacial score (nSPS) is 10.7. The maximum absolute atomic E-state index is 12.2. The van der Waals surface area contributed by atoms with Crippen LogP contribution >= 0.6 is 11.3 Å². The summed E-state index contributed by atoms with van der Waals surface area (Å²) in [7, 11) is 0. The van der Waals surface area contributed by atoms with E-state index in [1.165, 1.54) is 17.8 Å². The van der Waals surface area contributed by atoms with Gasteiger partial charge in [0.2, 0.25) is 5.78 Å². The summed E-state index contributed by atoms with van der Waals surface area (Å²) in [5.41, 5.74) is 1.34. The first-order valence-electron chi connectivity index (χ1n) is 9.16. The van der Waals surface area contributed by atoms with Gasteiger partial charge < -0.3 is 14.3 Å². The first-order chi connectivity index (χ1) is 13.6. The summed E-state index contributed by atoms with van der Waals surface area (Å²) in [6.07, 6.45) is 5.57. The average molecular weight is 399 g/mol. The monoisotopic (exact) mass is 399 g/mol. The van der Waals surface area contributed by atoms with Gasteiger partial charge in [-0.3, -0.25) is 4.79 Å². The summed E-state index contributed by atoms with van der Waals surface area (Å²) in [6, 6.07) is 13.6. The Morgan fingerprint density at radius 3 is 2.61 bits per heavy atom. The number of oxazole rings is 1. The SMILES string of the molecule is O=C(O)Oc1ccc(-c2cnc(C(=O)CCCCCCc3ccccc3)o2)s1. The standard InChI is InChI=1S/C21H21NO5S/c23-16(11-7-2-1-4-8-15-9-5-3-6-10-15)20-22-14-17(26-20)18-12-13-19(28-18)27-21(24)25/h3,5-6,9-10,12-14H,1-2,4,7-8,11H2,(H,24,25). The van der Waals surface area contributed by atoms with Crippen LogP contribution in [-0.4, -0.2) is 22.0 Å². The third-order valence-electron chi connectivity index (χ3n) is 4.22. The number of thiophene rings is 1. The Morgan fingerprint density at radius 2 is 1.82 bits per heavy atom. The Morgan fingerprint density at radius 1 is 1.04 bits per heavy atom. The van der Waals surface area contributed by atoms with E-state index in [2.05, 4.69) is 34.0 Å². The lowest BCUT2D eigenvalue weighted by Crippen LogP contribution is -2.00. The number of rotatable bonds is 10. The Balaban J connectivity index is 1.40. The van der Waals surface area contributed by atoms with E-state index < -0.39 is 6.16 Å². The van der Waals surface area contributed by atoms with Gasteiger partial charge in [0, 0.05) is 6.42 Å². The molecule has 0 aliphatic carbocycles. The molecule has 2 aromatic heterocycles. The number of carbonyl (C=O) groups excluding carboxylic acids is 1. The second-order valence-corrected chi connectivity index (χ2v) is 7.39. The summed E-state index contributed by atoms with van der Waals surface area (Å²) in [5, 5.41) is 8.86. The fraction of sp³-hybridized carbons (Fsp3) is 0.286. The molecule has 6 nitrogen and oxygen atoms in total. The lowest BCUT2D eigenvalue weighted by molar-refractivity contribution is 0.0946. The highest BCUT2D eigenvalue weighted by atomic mass is 32.1. The van der Waals surface area contributed by atoms with Crippen molar-refractivity contribution in [3.8, 4) is 15.7 Å². The van der Waals surface area contributed by atoms with Gasteiger partial charge in [0.1, 0.15) is 0 Å². The van der Waals surface area contributed by atoms with Crippen molar-refractivity contribution in [2.45, 2.75) is 38.5 Å². The van der Waals surface area contributed by atoms with Crippen molar-refractivity contribution in [2.75, 3.05) is 0 Å². The van der Waals surface area contributed by atoms with Gasteiger partial charge in [-0.05, 0) is 37.0 Å². The quantitative estimate of drug-likeness (QED) is 0.262. The smallest absolute Gasteiger partial charge is 0.449 e. The highest BCUT2D eigenvalue weighted by Gasteiger charge is 2.16. The molecule has 7 heteroatoms. The molecule has 0 atom stereocenters. The van der Waals surface area contributed by atoms with E-state index in [0.717, 1.165) is 43.4 Å². The van der Waals surface area contributed by atoms with Crippen LogP contribution in [0.4, 0.5) is 4.79 Å². The molecule has 0 aliphatic rings. The van der Waals surface area contributed by atoms with Gasteiger partial charge >= 0.3 is 6.16 Å². The molecular formula is C21H21NO5S. The van der Waals surface area contributed by atoms with Gasteiger partial charge in [-0.15, -0.1) is 0 Å². The number of Topliss-reactive ketones (excluding diaryl/α,β-unsaturated/α-hetero) is 1. The first kappa shape index (κ1) is 19.8. The molecule has 1 aromatic carbocycles. The van der Waals surface area contributed by atoms with Crippen LogP contribution < -0.4 is 4.74 Å². The van der Waals surface area contributed by atoms with E-state index in [1.54, 1.807) is 6.07 Å². The predicted molar refractivity (Wildman–Crippen MR) is 106 cm³/mol. The lowest BCUT2D eigenvalue weighted by atomic mass is 10.0. The van der Waals surface area contributed by atoms with Crippen molar-refractivity contribution in [3.05, 3.63) is 60.1 Å². The van der Waals surface area contributed by atoms with Crippen LogP contribution in [0.2, 0.25) is 0 Å². The van der Waals surface area contributed by atoms with Crippen molar-refractivity contribution in [2.24, 2.45) is 0 Å². The highest BCUT2D eigenvalue weighted by Crippen LogP contribution is 2.33. The number of hydrogen-bond donors (Lipinski definition) is 1. The van der Waals surface area contributed by atoms with E-state index >= 15 is 0 Å². The molecule has 1 N–H and O–H groups in total. The summed E-state index contributed by atoms with van der Waals surface area (Å²) in [5.74, 6) is 0.401. The molecule has 146 valence electrons. The first-order valence-corrected chi connectivity index (χ1v) is 9.97. The molecule has 28 heavy (non-hydrogen) atoms. The molecule has 3 rings (SSSR count). The minimum atomic E-state index is -1.37. The molecule has 0 radical (unpaired) electrons. The van der Waals surface area contributed by atoms with E-state index in [9.17, 15) is 9.59 Å². The third-order valence-corrected chi connectivity index (χ3v) is 5.20. The van der Waals surface area contributed by atoms with Gasteiger partial charge in [-0.1, -0.05) is 54.5 Å². The summed E-state index contributed by atoms with van der Waals surface area (Å²) in [4.78, 5) is 27.5. The van der Waals surface area contributed by atoms with E-state index in [4.69, 9.17) is 9.52 Å². The van der Waals surface area contributed by atoms with Crippen LogP contribution in [0.1, 0.15) is 48.4 Å². The number of ether oxygens (including phenoxy) is 1. The molecule has 0 amide bonds. The Hall–Kier alpha value is -2.93. The zero-order chi connectivity index (χ0) is 19.8. The molecule has 0 unspecified atom stereocenters. The molecular weight excluding hydrogens is 378 g/mol. The molecule has 0 spiro atoms. The maximum atomic E-state index is 12.2. The topological polar surface area (TPSA) is 89.6 Å². The van der Waals surface area contributed by atoms with E-state index in [0.29, 0.717) is 17.1 Å². The molecule has 0 bridgehead atoms. The van der Waals surface area contributed by atoms with Crippen LogP contribution in [0.3, 0.4) is 0 Å². The number of aromatic nitrogens is 1. The number of unbranched alkanes of at least 4 members (excludes halogenated alkanes) is 3. The number of aryl methyl sites for hydroxylation is 1. The van der Waals surface area contributed by atoms with Gasteiger partial charge in [0.05, 0.1) is 11.1 Å². The number of ketones is 1. The van der Waals surface area contributed by atoms with Crippen molar-refractivity contribution in [1.82, 2.24) is 4.98 Å². The van der Waals surface area contributed by atoms with Crippen LogP contribution in [0.25, 0.3) is 10.6 Å². The van der Waals surface area contributed by atoms with Crippen LogP contribution in [0.5, 0.6) is 5.06 Å². The number of hydrogen-bond acceptors (Lipinski definition) is 6. The van der Waals surface area contributed by atoms with Gasteiger partial charge in [-0.2, -0.15) is 0 Å². The molecule has 0 saturated carbocycles. The van der Waals surface area contributed by atoms with E-state index in [1.807, 2.05) is 6.07 Å². The maximum Gasteiger partial charge on any atom is 0.512 e. The minimum absolute atomic E-state index is 0.0911. The van der Waals surface area contributed by atoms with Gasteiger partial charge in [0.15, 0.2) is 10.8 Å². The average Bonchev–Trinajstić information content (AvgIpc) is 3.34. The molecule has 2 heterocycles. The number of carboxylic acid groups (broad SMARTS) is 1. The number of benzene rings is 1. The van der Waals surface area contributed by atoms with Crippen molar-refractivity contribution in [1.29, 1.82) is 0 Å². The molecule has 0 aliphatic heterocycles. The summed E-state index contributed by atoms with van der Waals surface area (Å²) >= 11 is 1.12. The fourth-order valence-electron chi connectivity index (χ4n) is 2.83. The van der Waals surface area contributed by atoms with Crippen molar-refractivity contribution in [3.63, 3.8) is 0 Å². The second-order valence-electron chi connectivity index (χ2n) is 6.34. The molecule has 0 saturated heterocycles. The van der Waals surface area contributed by atoms with Crippen LogP contribution in [-0.2, 0) is 6.42 Å². The van der Waals surface area contributed by atoms with Crippen molar-refractivity contribution >= 4 is 23.3 Å². The predicted octanol–water partition coefficient (Wildman–Crippen LogP) is 5.84. The number of nitrogens with zero attached hydrogens (tertiary/aromatic N) is 1. The Labute approximate surface area is 166 Å². The third kappa shape index (κ3) is 5.79. The van der Waals surface area contributed by atoms with Crippen molar-refractivity contribution < 1.29 is 23.8 Å². The minimum Gasteiger partial charge on any atom is -0.449 e. The highest BCUT2D eigenvalue weighted by molar-refractivity contribution is 7.17. The molecule has 3 aromatic rings. The summed E-state index contributed by atoms with van der Waals surface area (Å²) < 4.78 is 10.1. The number of carbonyl (C=O) groups is 2. The second kappa shape index (κ2) is 9.85. The van der Waals surface area contributed by atoms with Gasteiger partial charge in [-0.25, -0.2) is 9.78 Å². The van der Waals surface area contributed by atoms with Gasteiger partial charge in [0.25, 0.3) is 5.89 Å².